The lowest BCUT2D eigenvalue weighted by Crippen LogP contribution is -2.05. The summed E-state index contributed by atoms with van der Waals surface area (Å²) in [7, 11) is 0. The van der Waals surface area contributed by atoms with Gasteiger partial charge < -0.3 is 9.15 Å². The molecule has 0 spiro atoms. The fraction of sp³-hybridized carbons (Fsp3) is 0.429. The van der Waals surface area contributed by atoms with Crippen LogP contribution in [-0.2, 0) is 11.2 Å². The summed E-state index contributed by atoms with van der Waals surface area (Å²) >= 11 is 1.44. The summed E-state index contributed by atoms with van der Waals surface area (Å²) in [5.74, 6) is 0.909. The molecule has 1 aromatic heterocycles. The molecule has 2 aromatic rings. The zero-order valence-electron chi connectivity index (χ0n) is 11.5. The molecule has 0 aliphatic heterocycles. The van der Waals surface area contributed by atoms with Gasteiger partial charge in [0.1, 0.15) is 5.82 Å². The average molecular weight is 296 g/mol. The maximum atomic E-state index is 13.5. The van der Waals surface area contributed by atoms with Crippen LogP contribution in [0.15, 0.2) is 33.9 Å². The van der Waals surface area contributed by atoms with E-state index in [-0.39, 0.29) is 11.9 Å². The standard InChI is InChI=1S/C14H17FN2O2S/c1-10(2)18-7-8-20-14-17-16-13(19-14)9-11-5-3-4-6-12(11)15/h3-6,10H,7-9H2,1-2H3. The first kappa shape index (κ1) is 15.0. The molecule has 0 radical (unpaired) electrons. The molecule has 0 unspecified atom stereocenters. The summed E-state index contributed by atoms with van der Waals surface area (Å²) in [5, 5.41) is 8.34. The molecule has 0 fully saturated rings. The fourth-order valence-corrected chi connectivity index (χ4v) is 2.19. The first-order chi connectivity index (χ1) is 9.65. The van der Waals surface area contributed by atoms with Gasteiger partial charge in [0.05, 0.1) is 19.1 Å². The van der Waals surface area contributed by atoms with Gasteiger partial charge in [0.2, 0.25) is 5.89 Å². The molecule has 0 aliphatic rings. The summed E-state index contributed by atoms with van der Waals surface area (Å²) in [4.78, 5) is 0. The quantitative estimate of drug-likeness (QED) is 0.579. The molecule has 0 aliphatic carbocycles. The molecule has 1 aromatic carbocycles. The van der Waals surface area contributed by atoms with Gasteiger partial charge in [0, 0.05) is 5.75 Å². The Hall–Kier alpha value is -1.40. The molecular formula is C14H17FN2O2S. The predicted octanol–water partition coefficient (Wildman–Crippen LogP) is 3.32. The maximum Gasteiger partial charge on any atom is 0.276 e. The highest BCUT2D eigenvalue weighted by Crippen LogP contribution is 2.18. The molecular weight excluding hydrogens is 279 g/mol. The minimum absolute atomic E-state index is 0.218. The van der Waals surface area contributed by atoms with Gasteiger partial charge in [-0.25, -0.2) is 4.39 Å². The average Bonchev–Trinajstić information content (AvgIpc) is 2.85. The molecule has 108 valence electrons. The fourth-order valence-electron chi connectivity index (χ4n) is 1.59. The number of nitrogens with zero attached hydrogens (tertiary/aromatic N) is 2. The van der Waals surface area contributed by atoms with Crippen LogP contribution in [0.3, 0.4) is 0 Å². The van der Waals surface area contributed by atoms with Crippen LogP contribution in [0.1, 0.15) is 25.3 Å². The summed E-state index contributed by atoms with van der Waals surface area (Å²) in [6.07, 6.45) is 0.526. The Labute approximate surface area is 121 Å². The van der Waals surface area contributed by atoms with Gasteiger partial charge in [0.25, 0.3) is 5.22 Å². The number of hydrogen-bond donors (Lipinski definition) is 0. The molecule has 0 saturated carbocycles. The number of thioether (sulfide) groups is 1. The number of hydrogen-bond acceptors (Lipinski definition) is 5. The Morgan fingerprint density at radius 1 is 1.30 bits per heavy atom. The van der Waals surface area contributed by atoms with Crippen molar-refractivity contribution in [1.29, 1.82) is 0 Å². The van der Waals surface area contributed by atoms with Gasteiger partial charge in [0.15, 0.2) is 0 Å². The molecule has 1 heterocycles. The third kappa shape index (κ3) is 4.61. The van der Waals surface area contributed by atoms with Crippen molar-refractivity contribution in [3.63, 3.8) is 0 Å². The van der Waals surface area contributed by atoms with Crippen molar-refractivity contribution in [1.82, 2.24) is 10.2 Å². The van der Waals surface area contributed by atoms with Gasteiger partial charge in [-0.3, -0.25) is 0 Å². The number of ether oxygens (including phenoxy) is 1. The largest absolute Gasteiger partial charge is 0.416 e. The second-order valence-electron chi connectivity index (χ2n) is 4.50. The number of benzene rings is 1. The van der Waals surface area contributed by atoms with Crippen molar-refractivity contribution in [3.8, 4) is 0 Å². The summed E-state index contributed by atoms with van der Waals surface area (Å²) in [6, 6.07) is 6.57. The number of rotatable bonds is 7. The van der Waals surface area contributed by atoms with E-state index >= 15 is 0 Å². The van der Waals surface area contributed by atoms with E-state index in [2.05, 4.69) is 10.2 Å². The highest BCUT2D eigenvalue weighted by Gasteiger charge is 2.10. The molecule has 0 saturated heterocycles. The number of aromatic nitrogens is 2. The summed E-state index contributed by atoms with van der Waals surface area (Å²) in [6.45, 7) is 4.61. The van der Waals surface area contributed by atoms with E-state index in [1.807, 2.05) is 13.8 Å². The van der Waals surface area contributed by atoms with Crippen molar-refractivity contribution in [2.45, 2.75) is 31.6 Å². The van der Waals surface area contributed by atoms with Gasteiger partial charge in [-0.2, -0.15) is 0 Å². The highest BCUT2D eigenvalue weighted by atomic mass is 32.2. The topological polar surface area (TPSA) is 48.2 Å². The molecule has 0 N–H and O–H groups in total. The molecule has 6 heteroatoms. The van der Waals surface area contributed by atoms with Crippen molar-refractivity contribution in [2.75, 3.05) is 12.4 Å². The third-order valence-electron chi connectivity index (χ3n) is 2.51. The lowest BCUT2D eigenvalue weighted by molar-refractivity contribution is 0.0919. The summed E-state index contributed by atoms with van der Waals surface area (Å²) in [5.41, 5.74) is 0.552. The van der Waals surface area contributed by atoms with Gasteiger partial charge >= 0.3 is 0 Å². The summed E-state index contributed by atoms with van der Waals surface area (Å²) < 4.78 is 24.4. The Bertz CT molecular complexity index is 545. The van der Waals surface area contributed by atoms with Crippen LogP contribution in [0.4, 0.5) is 4.39 Å². The van der Waals surface area contributed by atoms with Crippen LogP contribution in [-0.4, -0.2) is 28.7 Å². The zero-order chi connectivity index (χ0) is 14.4. The van der Waals surface area contributed by atoms with Gasteiger partial charge in [-0.15, -0.1) is 10.2 Å². The first-order valence-electron chi connectivity index (χ1n) is 6.45. The van der Waals surface area contributed by atoms with Crippen LogP contribution in [0.5, 0.6) is 0 Å². The lowest BCUT2D eigenvalue weighted by Gasteiger charge is -2.04. The Morgan fingerprint density at radius 3 is 2.85 bits per heavy atom. The van der Waals surface area contributed by atoms with E-state index in [1.165, 1.54) is 17.8 Å². The second-order valence-corrected chi connectivity index (χ2v) is 5.54. The van der Waals surface area contributed by atoms with Gasteiger partial charge in [-0.1, -0.05) is 30.0 Å². The van der Waals surface area contributed by atoms with Crippen LogP contribution in [0.25, 0.3) is 0 Å². The van der Waals surface area contributed by atoms with E-state index in [1.54, 1.807) is 18.2 Å². The minimum Gasteiger partial charge on any atom is -0.416 e. The van der Waals surface area contributed by atoms with E-state index in [0.29, 0.717) is 29.7 Å². The highest BCUT2D eigenvalue weighted by molar-refractivity contribution is 7.99. The SMILES string of the molecule is CC(C)OCCSc1nnc(Cc2ccccc2F)o1. The van der Waals surface area contributed by atoms with Crippen molar-refractivity contribution in [3.05, 3.63) is 41.5 Å². The Morgan fingerprint density at radius 2 is 2.10 bits per heavy atom. The van der Waals surface area contributed by atoms with Crippen molar-refractivity contribution in [2.24, 2.45) is 0 Å². The second kappa shape index (κ2) is 7.40. The maximum absolute atomic E-state index is 13.5. The van der Waals surface area contributed by atoms with Gasteiger partial charge in [-0.05, 0) is 25.5 Å². The predicted molar refractivity (Wildman–Crippen MR) is 75.3 cm³/mol. The van der Waals surface area contributed by atoms with E-state index in [0.717, 1.165) is 5.75 Å². The van der Waals surface area contributed by atoms with Crippen LogP contribution in [0, 0.1) is 5.82 Å². The third-order valence-corrected chi connectivity index (χ3v) is 3.29. The first-order valence-corrected chi connectivity index (χ1v) is 7.44. The monoisotopic (exact) mass is 296 g/mol. The van der Waals surface area contributed by atoms with Crippen molar-refractivity contribution >= 4 is 11.8 Å². The lowest BCUT2D eigenvalue weighted by atomic mass is 10.1. The molecule has 4 nitrogen and oxygen atoms in total. The van der Waals surface area contributed by atoms with E-state index in [4.69, 9.17) is 9.15 Å². The number of halogens is 1. The molecule has 0 atom stereocenters. The smallest absolute Gasteiger partial charge is 0.276 e. The van der Waals surface area contributed by atoms with Crippen LogP contribution < -0.4 is 0 Å². The zero-order valence-corrected chi connectivity index (χ0v) is 12.3. The molecule has 20 heavy (non-hydrogen) atoms. The minimum atomic E-state index is -0.259. The molecule has 0 bridgehead atoms. The molecule has 0 amide bonds. The van der Waals surface area contributed by atoms with E-state index in [9.17, 15) is 4.39 Å². The van der Waals surface area contributed by atoms with Crippen LogP contribution >= 0.6 is 11.8 Å². The Balaban J connectivity index is 1.85. The normalized spacial score (nSPS) is 11.2. The Kier molecular flexibility index (Phi) is 5.55. The van der Waals surface area contributed by atoms with Crippen molar-refractivity contribution < 1.29 is 13.5 Å². The van der Waals surface area contributed by atoms with E-state index < -0.39 is 0 Å². The molecule has 2 rings (SSSR count). The van der Waals surface area contributed by atoms with Crippen LogP contribution in [0.2, 0.25) is 0 Å².